The maximum Gasteiger partial charge on any atom is 0.273 e. The number of benzene rings is 1. The maximum absolute atomic E-state index is 12.5. The lowest BCUT2D eigenvalue weighted by Gasteiger charge is -2.10. The van der Waals surface area contributed by atoms with Crippen LogP contribution in [0.15, 0.2) is 46.9 Å². The summed E-state index contributed by atoms with van der Waals surface area (Å²) in [5, 5.41) is 0. The van der Waals surface area contributed by atoms with Crippen molar-refractivity contribution in [1.29, 1.82) is 0 Å². The molecule has 0 radical (unpaired) electrons. The summed E-state index contributed by atoms with van der Waals surface area (Å²) in [4.78, 5) is 24.7. The van der Waals surface area contributed by atoms with Crippen molar-refractivity contribution in [2.24, 2.45) is 0 Å². The number of nitrogens with zero attached hydrogens (tertiary/aromatic N) is 1. The van der Waals surface area contributed by atoms with Crippen molar-refractivity contribution in [2.45, 2.75) is 27.7 Å². The lowest BCUT2D eigenvalue weighted by atomic mass is 10.2. The van der Waals surface area contributed by atoms with E-state index in [-0.39, 0.29) is 5.91 Å². The molecule has 0 bridgehead atoms. The molecule has 6 nitrogen and oxygen atoms in total. The standard InChI is InChI=1S/C20H21N3O3/c1-12-10-17(14(3)23(12)16-8-6-5-7-9-16)19(24)21-22-20(25)18-11-13(2)26-15(18)4/h5-11H,1-4H3,(H,21,24)(H,22,25). The molecule has 0 unspecified atom stereocenters. The molecular weight excluding hydrogens is 330 g/mol. The predicted molar refractivity (Wildman–Crippen MR) is 98.4 cm³/mol. The summed E-state index contributed by atoms with van der Waals surface area (Å²) in [5.41, 5.74) is 8.54. The molecule has 0 atom stereocenters. The van der Waals surface area contributed by atoms with Crippen molar-refractivity contribution >= 4 is 11.8 Å². The van der Waals surface area contributed by atoms with Gasteiger partial charge in [0.2, 0.25) is 0 Å². The van der Waals surface area contributed by atoms with Crippen LogP contribution in [0, 0.1) is 27.7 Å². The van der Waals surface area contributed by atoms with E-state index in [2.05, 4.69) is 10.9 Å². The fraction of sp³-hybridized carbons (Fsp3) is 0.200. The van der Waals surface area contributed by atoms with Gasteiger partial charge in [0.05, 0.1) is 11.1 Å². The molecule has 134 valence electrons. The Labute approximate surface area is 151 Å². The average molecular weight is 351 g/mol. The number of aryl methyl sites for hydroxylation is 3. The van der Waals surface area contributed by atoms with Gasteiger partial charge in [-0.1, -0.05) is 18.2 Å². The Hall–Kier alpha value is -3.28. The van der Waals surface area contributed by atoms with Crippen molar-refractivity contribution < 1.29 is 14.0 Å². The SMILES string of the molecule is Cc1cc(C(=O)NNC(=O)c2cc(C)n(-c3ccccc3)c2C)c(C)o1. The molecule has 0 saturated heterocycles. The van der Waals surface area contributed by atoms with Crippen LogP contribution in [0.1, 0.15) is 43.6 Å². The minimum Gasteiger partial charge on any atom is -0.466 e. The highest BCUT2D eigenvalue weighted by molar-refractivity contribution is 6.00. The molecule has 0 spiro atoms. The smallest absolute Gasteiger partial charge is 0.273 e. The number of carbonyl (C=O) groups is 2. The van der Waals surface area contributed by atoms with Crippen LogP contribution in [-0.2, 0) is 0 Å². The highest BCUT2D eigenvalue weighted by Gasteiger charge is 2.18. The van der Waals surface area contributed by atoms with Crippen LogP contribution in [0.25, 0.3) is 5.69 Å². The number of amides is 2. The molecule has 2 aromatic heterocycles. The first-order valence-electron chi connectivity index (χ1n) is 8.30. The Morgan fingerprint density at radius 1 is 0.885 bits per heavy atom. The molecule has 0 fully saturated rings. The van der Waals surface area contributed by atoms with E-state index in [1.807, 2.05) is 48.7 Å². The van der Waals surface area contributed by atoms with E-state index < -0.39 is 5.91 Å². The van der Waals surface area contributed by atoms with Crippen molar-refractivity contribution in [3.63, 3.8) is 0 Å². The largest absolute Gasteiger partial charge is 0.466 e. The zero-order valence-corrected chi connectivity index (χ0v) is 15.2. The van der Waals surface area contributed by atoms with Crippen LogP contribution in [0.5, 0.6) is 0 Å². The van der Waals surface area contributed by atoms with Gasteiger partial charge in [0, 0.05) is 17.1 Å². The summed E-state index contributed by atoms with van der Waals surface area (Å²) in [6.45, 7) is 7.28. The number of aromatic nitrogens is 1. The number of carbonyl (C=O) groups excluding carboxylic acids is 2. The Morgan fingerprint density at radius 2 is 1.50 bits per heavy atom. The summed E-state index contributed by atoms with van der Waals surface area (Å²) in [7, 11) is 0. The van der Waals surface area contributed by atoms with Gasteiger partial charge >= 0.3 is 0 Å². The van der Waals surface area contributed by atoms with Gasteiger partial charge in [-0.2, -0.15) is 0 Å². The third-order valence-electron chi connectivity index (χ3n) is 4.27. The topological polar surface area (TPSA) is 76.3 Å². The predicted octanol–water partition coefficient (Wildman–Crippen LogP) is 3.38. The van der Waals surface area contributed by atoms with Gasteiger partial charge in [0.25, 0.3) is 11.8 Å². The Kier molecular flexibility index (Phi) is 4.67. The van der Waals surface area contributed by atoms with Gasteiger partial charge in [-0.25, -0.2) is 0 Å². The lowest BCUT2D eigenvalue weighted by Crippen LogP contribution is -2.41. The molecule has 2 heterocycles. The van der Waals surface area contributed by atoms with Gasteiger partial charge in [-0.05, 0) is 52.0 Å². The number of para-hydroxylation sites is 1. The summed E-state index contributed by atoms with van der Waals surface area (Å²) in [6.07, 6.45) is 0. The minimum absolute atomic E-state index is 0.369. The Morgan fingerprint density at radius 3 is 2.08 bits per heavy atom. The maximum atomic E-state index is 12.5. The highest BCUT2D eigenvalue weighted by atomic mass is 16.3. The molecule has 3 aromatic rings. The molecule has 0 saturated carbocycles. The molecule has 0 aliphatic carbocycles. The fourth-order valence-corrected chi connectivity index (χ4v) is 3.07. The van der Waals surface area contributed by atoms with Gasteiger partial charge < -0.3 is 8.98 Å². The van der Waals surface area contributed by atoms with Crippen LogP contribution < -0.4 is 10.9 Å². The second-order valence-electron chi connectivity index (χ2n) is 6.19. The molecule has 2 N–H and O–H groups in total. The Balaban J connectivity index is 1.77. The number of hydrogen-bond donors (Lipinski definition) is 2. The zero-order valence-electron chi connectivity index (χ0n) is 15.2. The third kappa shape index (κ3) is 3.26. The monoisotopic (exact) mass is 351 g/mol. The van der Waals surface area contributed by atoms with E-state index in [0.717, 1.165) is 17.1 Å². The zero-order chi connectivity index (χ0) is 18.8. The molecule has 0 aliphatic heterocycles. The van der Waals surface area contributed by atoms with Gasteiger partial charge in [0.1, 0.15) is 11.5 Å². The number of furan rings is 1. The second-order valence-corrected chi connectivity index (χ2v) is 6.19. The van der Waals surface area contributed by atoms with Crippen molar-refractivity contribution in [3.05, 3.63) is 76.5 Å². The molecule has 2 amide bonds. The van der Waals surface area contributed by atoms with Crippen molar-refractivity contribution in [1.82, 2.24) is 15.4 Å². The first-order chi connectivity index (χ1) is 12.4. The van der Waals surface area contributed by atoms with Gasteiger partial charge in [0.15, 0.2) is 0 Å². The second kappa shape index (κ2) is 6.92. The Bertz CT molecular complexity index is 968. The number of hydrogen-bond acceptors (Lipinski definition) is 3. The van der Waals surface area contributed by atoms with Crippen molar-refractivity contribution in [2.75, 3.05) is 0 Å². The molecule has 0 aliphatic rings. The van der Waals surface area contributed by atoms with Crippen LogP contribution in [0.2, 0.25) is 0 Å². The molecule has 26 heavy (non-hydrogen) atoms. The summed E-state index contributed by atoms with van der Waals surface area (Å²) >= 11 is 0. The molecule has 3 rings (SSSR count). The summed E-state index contributed by atoms with van der Waals surface area (Å²) < 4.78 is 7.34. The highest BCUT2D eigenvalue weighted by Crippen LogP contribution is 2.20. The number of rotatable bonds is 3. The van der Waals surface area contributed by atoms with Crippen LogP contribution >= 0.6 is 0 Å². The minimum atomic E-state index is -0.412. The first kappa shape index (κ1) is 17.5. The lowest BCUT2D eigenvalue weighted by molar-refractivity contribution is 0.0845. The molecule has 6 heteroatoms. The van der Waals surface area contributed by atoms with Crippen molar-refractivity contribution in [3.8, 4) is 5.69 Å². The summed E-state index contributed by atoms with van der Waals surface area (Å²) in [5.74, 6) is 0.373. The summed E-state index contributed by atoms with van der Waals surface area (Å²) in [6, 6.07) is 13.2. The van der Waals surface area contributed by atoms with Crippen LogP contribution in [0.3, 0.4) is 0 Å². The molecular formula is C20H21N3O3. The van der Waals surface area contributed by atoms with E-state index >= 15 is 0 Å². The van der Waals surface area contributed by atoms with Gasteiger partial charge in [-0.15, -0.1) is 0 Å². The molecule has 1 aromatic carbocycles. The fourth-order valence-electron chi connectivity index (χ4n) is 3.07. The van der Waals surface area contributed by atoms with E-state index in [1.54, 1.807) is 26.0 Å². The quantitative estimate of drug-likeness (QED) is 0.710. The van der Waals surface area contributed by atoms with E-state index in [9.17, 15) is 9.59 Å². The third-order valence-corrected chi connectivity index (χ3v) is 4.27. The van der Waals surface area contributed by atoms with Crippen LogP contribution in [-0.4, -0.2) is 16.4 Å². The first-order valence-corrected chi connectivity index (χ1v) is 8.30. The van der Waals surface area contributed by atoms with Crippen LogP contribution in [0.4, 0.5) is 0 Å². The van der Waals surface area contributed by atoms with E-state index in [1.165, 1.54) is 0 Å². The van der Waals surface area contributed by atoms with Gasteiger partial charge in [-0.3, -0.25) is 20.4 Å². The van der Waals surface area contributed by atoms with E-state index in [0.29, 0.717) is 22.6 Å². The number of hydrazine groups is 1. The number of nitrogens with one attached hydrogen (secondary N) is 2. The van der Waals surface area contributed by atoms with E-state index in [4.69, 9.17) is 4.42 Å². The average Bonchev–Trinajstić information content (AvgIpc) is 3.11. The normalized spacial score (nSPS) is 10.6.